The fraction of sp³-hybridized carbons (Fsp3) is 0.467. The summed E-state index contributed by atoms with van der Waals surface area (Å²) in [7, 11) is 3.47. The predicted octanol–water partition coefficient (Wildman–Crippen LogP) is 1.73. The zero-order chi connectivity index (χ0) is 17.6. The third-order valence-electron chi connectivity index (χ3n) is 2.90. The average molecular weight is 323 g/mol. The summed E-state index contributed by atoms with van der Waals surface area (Å²) in [5, 5.41) is 13.4. The Labute approximate surface area is 134 Å². The van der Waals surface area contributed by atoms with Crippen molar-refractivity contribution in [3.8, 4) is 0 Å². The molecular weight excluding hydrogens is 302 g/mol. The number of nitro benzene ring substituents is 1. The van der Waals surface area contributed by atoms with E-state index in [4.69, 9.17) is 4.74 Å². The number of carbonyl (C=O) groups excluding carboxylic acids is 2. The van der Waals surface area contributed by atoms with Crippen molar-refractivity contribution in [2.24, 2.45) is 0 Å². The molecule has 126 valence electrons. The minimum absolute atomic E-state index is 0.0378. The van der Waals surface area contributed by atoms with Gasteiger partial charge < -0.3 is 15.0 Å². The molecule has 0 unspecified atom stereocenters. The normalized spacial score (nSPS) is 10.3. The lowest BCUT2D eigenvalue weighted by Gasteiger charge is -2.17. The van der Waals surface area contributed by atoms with Crippen LogP contribution >= 0.6 is 0 Å². The van der Waals surface area contributed by atoms with Crippen molar-refractivity contribution >= 4 is 23.3 Å². The Hall–Kier alpha value is -2.64. The minimum atomic E-state index is -0.559. The van der Waals surface area contributed by atoms with Crippen LogP contribution < -0.4 is 10.2 Å². The lowest BCUT2D eigenvalue weighted by atomic mass is 10.1. The molecule has 0 saturated heterocycles. The van der Waals surface area contributed by atoms with Crippen LogP contribution in [0.15, 0.2) is 18.2 Å². The van der Waals surface area contributed by atoms with Crippen LogP contribution in [0.1, 0.15) is 30.6 Å². The Morgan fingerprint density at radius 3 is 2.52 bits per heavy atom. The highest BCUT2D eigenvalue weighted by atomic mass is 16.6. The molecule has 1 N–H and O–H groups in total. The van der Waals surface area contributed by atoms with Gasteiger partial charge >= 0.3 is 5.97 Å². The van der Waals surface area contributed by atoms with Crippen molar-refractivity contribution in [1.29, 1.82) is 0 Å². The highest BCUT2D eigenvalue weighted by Gasteiger charge is 2.18. The zero-order valence-corrected chi connectivity index (χ0v) is 13.7. The van der Waals surface area contributed by atoms with E-state index in [-0.39, 0.29) is 30.3 Å². The van der Waals surface area contributed by atoms with Crippen LogP contribution in [0, 0.1) is 10.1 Å². The van der Waals surface area contributed by atoms with Gasteiger partial charge in [-0.3, -0.25) is 19.7 Å². The number of hydrogen-bond acceptors (Lipinski definition) is 6. The van der Waals surface area contributed by atoms with Crippen molar-refractivity contribution in [3.63, 3.8) is 0 Å². The number of benzene rings is 1. The second kappa shape index (κ2) is 8.11. The molecule has 23 heavy (non-hydrogen) atoms. The summed E-state index contributed by atoms with van der Waals surface area (Å²) in [4.78, 5) is 35.6. The number of anilines is 1. The van der Waals surface area contributed by atoms with E-state index < -0.39 is 16.8 Å². The van der Waals surface area contributed by atoms with E-state index in [1.54, 1.807) is 32.8 Å². The Morgan fingerprint density at radius 1 is 1.35 bits per heavy atom. The molecule has 8 heteroatoms. The van der Waals surface area contributed by atoms with Gasteiger partial charge in [0.1, 0.15) is 0 Å². The average Bonchev–Trinajstić information content (AvgIpc) is 2.45. The summed E-state index contributed by atoms with van der Waals surface area (Å²) in [6, 6.07) is 4.07. The molecule has 0 saturated carbocycles. The maximum atomic E-state index is 12.2. The van der Waals surface area contributed by atoms with Crippen molar-refractivity contribution in [3.05, 3.63) is 33.9 Å². The second-order valence-electron chi connectivity index (χ2n) is 5.40. The maximum absolute atomic E-state index is 12.2. The number of ether oxygens (including phenoxy) is 1. The first-order valence-corrected chi connectivity index (χ1v) is 7.15. The molecule has 0 bridgehead atoms. The van der Waals surface area contributed by atoms with Gasteiger partial charge in [0, 0.05) is 38.5 Å². The van der Waals surface area contributed by atoms with Crippen LogP contribution in [0.4, 0.5) is 11.4 Å². The molecule has 0 aliphatic carbocycles. The summed E-state index contributed by atoms with van der Waals surface area (Å²) in [5.41, 5.74) is 0.569. The van der Waals surface area contributed by atoms with Crippen molar-refractivity contribution in [2.45, 2.75) is 26.4 Å². The predicted molar refractivity (Wildman–Crippen MR) is 85.6 cm³/mol. The summed E-state index contributed by atoms with van der Waals surface area (Å²) in [5.74, 6) is -0.887. The molecule has 0 atom stereocenters. The van der Waals surface area contributed by atoms with E-state index in [9.17, 15) is 19.7 Å². The molecule has 0 aliphatic rings. The third kappa shape index (κ3) is 5.57. The molecule has 0 aromatic heterocycles. The molecule has 1 amide bonds. The molecule has 1 aromatic rings. The van der Waals surface area contributed by atoms with Gasteiger partial charge in [0.15, 0.2) is 0 Å². The highest BCUT2D eigenvalue weighted by Crippen LogP contribution is 2.24. The Balaban J connectivity index is 2.79. The van der Waals surface area contributed by atoms with Gasteiger partial charge in [0.25, 0.3) is 11.6 Å². The SMILES string of the molecule is CC(C)OC(=O)CCNC(=O)c1cc([N+](=O)[O-])ccc1N(C)C. The second-order valence-corrected chi connectivity index (χ2v) is 5.40. The first kappa shape index (κ1) is 18.4. The van der Waals surface area contributed by atoms with Gasteiger partial charge in [-0.15, -0.1) is 0 Å². The molecule has 1 rings (SSSR count). The number of rotatable bonds is 7. The monoisotopic (exact) mass is 323 g/mol. The smallest absolute Gasteiger partial charge is 0.307 e. The van der Waals surface area contributed by atoms with Crippen molar-refractivity contribution < 1.29 is 19.2 Å². The first-order chi connectivity index (χ1) is 10.7. The Bertz CT molecular complexity index is 599. The number of carbonyl (C=O) groups is 2. The topological polar surface area (TPSA) is 102 Å². The summed E-state index contributed by atoms with van der Waals surface area (Å²) < 4.78 is 4.96. The molecule has 0 radical (unpaired) electrons. The van der Waals surface area contributed by atoms with Gasteiger partial charge in [-0.05, 0) is 19.9 Å². The van der Waals surface area contributed by atoms with Gasteiger partial charge in [0.2, 0.25) is 0 Å². The number of nitro groups is 1. The first-order valence-electron chi connectivity index (χ1n) is 7.15. The van der Waals surface area contributed by atoms with Crippen LogP contribution in [0.25, 0.3) is 0 Å². The van der Waals surface area contributed by atoms with Crippen molar-refractivity contribution in [2.75, 3.05) is 25.5 Å². The van der Waals surface area contributed by atoms with Gasteiger partial charge in [0.05, 0.1) is 23.0 Å². The molecule has 0 heterocycles. The van der Waals surface area contributed by atoms with Crippen LogP contribution in [-0.4, -0.2) is 43.5 Å². The lowest BCUT2D eigenvalue weighted by Crippen LogP contribution is -2.28. The van der Waals surface area contributed by atoms with Crippen LogP contribution in [-0.2, 0) is 9.53 Å². The van der Waals surface area contributed by atoms with E-state index in [1.807, 2.05) is 0 Å². The van der Waals surface area contributed by atoms with Crippen LogP contribution in [0.2, 0.25) is 0 Å². The Morgan fingerprint density at radius 2 is 2.00 bits per heavy atom. The largest absolute Gasteiger partial charge is 0.463 e. The van der Waals surface area contributed by atoms with Crippen molar-refractivity contribution in [1.82, 2.24) is 5.32 Å². The summed E-state index contributed by atoms with van der Waals surface area (Å²) in [6.45, 7) is 3.58. The molecule has 0 fully saturated rings. The quantitative estimate of drug-likeness (QED) is 0.466. The maximum Gasteiger partial charge on any atom is 0.307 e. The molecule has 0 spiro atoms. The number of hydrogen-bond donors (Lipinski definition) is 1. The number of esters is 1. The number of nitrogens with zero attached hydrogens (tertiary/aromatic N) is 2. The van der Waals surface area contributed by atoms with Crippen LogP contribution in [0.3, 0.4) is 0 Å². The Kier molecular flexibility index (Phi) is 6.49. The van der Waals surface area contributed by atoms with E-state index in [2.05, 4.69) is 5.32 Å². The zero-order valence-electron chi connectivity index (χ0n) is 13.7. The minimum Gasteiger partial charge on any atom is -0.463 e. The standard InChI is InChI=1S/C15H21N3O5/c1-10(2)23-14(19)7-8-16-15(20)12-9-11(18(21)22)5-6-13(12)17(3)4/h5-6,9-10H,7-8H2,1-4H3,(H,16,20). The van der Waals surface area contributed by atoms with E-state index in [1.165, 1.54) is 18.2 Å². The molecule has 8 nitrogen and oxygen atoms in total. The fourth-order valence-electron chi connectivity index (χ4n) is 1.90. The summed E-state index contributed by atoms with van der Waals surface area (Å²) in [6.07, 6.45) is -0.175. The van der Waals surface area contributed by atoms with E-state index in [0.717, 1.165) is 0 Å². The fourth-order valence-corrected chi connectivity index (χ4v) is 1.90. The van der Waals surface area contributed by atoms with Gasteiger partial charge in [-0.1, -0.05) is 0 Å². The van der Waals surface area contributed by atoms with Gasteiger partial charge in [-0.25, -0.2) is 0 Å². The molecule has 0 aliphatic heterocycles. The highest BCUT2D eigenvalue weighted by molar-refractivity contribution is 6.00. The number of non-ortho nitro benzene ring substituents is 1. The lowest BCUT2D eigenvalue weighted by molar-refractivity contribution is -0.384. The number of nitrogens with one attached hydrogen (secondary N) is 1. The van der Waals surface area contributed by atoms with E-state index in [0.29, 0.717) is 5.69 Å². The number of amides is 1. The molecule has 1 aromatic carbocycles. The van der Waals surface area contributed by atoms with Crippen LogP contribution in [0.5, 0.6) is 0 Å². The molecular formula is C15H21N3O5. The summed E-state index contributed by atoms with van der Waals surface area (Å²) >= 11 is 0. The third-order valence-corrected chi connectivity index (χ3v) is 2.90. The van der Waals surface area contributed by atoms with E-state index >= 15 is 0 Å². The van der Waals surface area contributed by atoms with Gasteiger partial charge in [-0.2, -0.15) is 0 Å².